The highest BCUT2D eigenvalue weighted by Gasteiger charge is 2.21. The number of methoxy groups -OCH3 is 1. The summed E-state index contributed by atoms with van der Waals surface area (Å²) in [6.45, 7) is 4.83. The monoisotopic (exact) mass is 265 g/mol. The van der Waals surface area contributed by atoms with Crippen LogP contribution in [0.3, 0.4) is 0 Å². The maximum absolute atomic E-state index is 11.8. The van der Waals surface area contributed by atoms with Crippen molar-refractivity contribution in [2.45, 2.75) is 26.8 Å². The van der Waals surface area contributed by atoms with E-state index in [2.05, 4.69) is 17.2 Å². The highest BCUT2D eigenvalue weighted by atomic mass is 32.1. The van der Waals surface area contributed by atoms with Gasteiger partial charge in [0.15, 0.2) is 0 Å². The Morgan fingerprint density at radius 3 is 3.00 bits per heavy atom. The molecule has 0 N–H and O–H groups in total. The van der Waals surface area contributed by atoms with Gasteiger partial charge in [0.25, 0.3) is 0 Å². The largest absolute Gasteiger partial charge is 0.465 e. The fourth-order valence-electron chi connectivity index (χ4n) is 1.83. The Morgan fingerprint density at radius 1 is 1.56 bits per heavy atom. The lowest BCUT2D eigenvalue weighted by Gasteiger charge is -2.06. The minimum atomic E-state index is -0.313. The Hall–Kier alpha value is -1.69. The zero-order valence-electron chi connectivity index (χ0n) is 10.6. The van der Waals surface area contributed by atoms with E-state index in [0.717, 1.165) is 29.8 Å². The number of aromatic nitrogens is 3. The van der Waals surface area contributed by atoms with Crippen molar-refractivity contribution in [3.8, 4) is 11.3 Å². The zero-order valence-corrected chi connectivity index (χ0v) is 11.5. The molecule has 2 heterocycles. The molecule has 0 aliphatic carbocycles. The molecule has 2 aromatic heterocycles. The van der Waals surface area contributed by atoms with Crippen molar-refractivity contribution in [1.29, 1.82) is 0 Å². The molecule has 0 radical (unpaired) electrons. The van der Waals surface area contributed by atoms with Crippen LogP contribution in [0.5, 0.6) is 0 Å². The number of carbonyl (C=O) groups excluding carboxylic acids is 1. The Kier molecular flexibility index (Phi) is 3.76. The third-order valence-corrected chi connectivity index (χ3v) is 3.73. The molecule has 2 rings (SSSR count). The highest BCUT2D eigenvalue weighted by molar-refractivity contribution is 7.12. The number of nitrogens with zero attached hydrogens (tertiary/aromatic N) is 3. The first-order valence-electron chi connectivity index (χ1n) is 5.74. The van der Waals surface area contributed by atoms with Gasteiger partial charge in [-0.1, -0.05) is 12.1 Å². The first-order chi connectivity index (χ1) is 8.69. The molecule has 0 fully saturated rings. The Labute approximate surface area is 109 Å². The first-order valence-corrected chi connectivity index (χ1v) is 6.62. The van der Waals surface area contributed by atoms with Crippen molar-refractivity contribution in [3.05, 3.63) is 22.0 Å². The van der Waals surface area contributed by atoms with Crippen LogP contribution in [0.25, 0.3) is 11.3 Å². The smallest absolute Gasteiger partial charge is 0.348 e. The molecule has 0 unspecified atom stereocenters. The molecule has 5 nitrogen and oxygen atoms in total. The summed E-state index contributed by atoms with van der Waals surface area (Å²) in [6, 6.07) is 0. The summed E-state index contributed by atoms with van der Waals surface area (Å²) in [4.78, 5) is 12.4. The van der Waals surface area contributed by atoms with Crippen LogP contribution in [0.2, 0.25) is 0 Å². The molecule has 0 saturated heterocycles. The number of ether oxygens (including phenoxy) is 1. The van der Waals surface area contributed by atoms with Crippen molar-refractivity contribution >= 4 is 17.3 Å². The second-order valence-electron chi connectivity index (χ2n) is 3.96. The van der Waals surface area contributed by atoms with Gasteiger partial charge < -0.3 is 4.74 Å². The summed E-state index contributed by atoms with van der Waals surface area (Å²) in [5.74, 6) is -0.313. The lowest BCUT2D eigenvalue weighted by Crippen LogP contribution is -2.05. The van der Waals surface area contributed by atoms with Gasteiger partial charge in [-0.05, 0) is 24.3 Å². The zero-order chi connectivity index (χ0) is 13.1. The molecule has 0 bridgehead atoms. The summed E-state index contributed by atoms with van der Waals surface area (Å²) in [6.07, 6.45) is 2.66. The van der Waals surface area contributed by atoms with E-state index in [1.807, 2.05) is 17.0 Å². The topological polar surface area (TPSA) is 57.0 Å². The summed E-state index contributed by atoms with van der Waals surface area (Å²) in [5, 5.41) is 9.93. The summed E-state index contributed by atoms with van der Waals surface area (Å²) >= 11 is 1.39. The maximum Gasteiger partial charge on any atom is 0.348 e. The Morgan fingerprint density at radius 2 is 2.33 bits per heavy atom. The van der Waals surface area contributed by atoms with Gasteiger partial charge in [-0.25, -0.2) is 9.48 Å². The minimum absolute atomic E-state index is 0.313. The predicted octanol–water partition coefficient (Wildman–Crippen LogP) is 2.51. The molecular weight excluding hydrogens is 250 g/mol. The quantitative estimate of drug-likeness (QED) is 0.797. The van der Waals surface area contributed by atoms with Gasteiger partial charge in [-0.15, -0.1) is 16.4 Å². The SMILES string of the molecule is CCCn1nncc1-c1c(C)csc1C(=O)OC. The Balaban J connectivity index is 2.52. The maximum atomic E-state index is 11.8. The van der Waals surface area contributed by atoms with E-state index in [1.165, 1.54) is 18.4 Å². The molecule has 96 valence electrons. The van der Waals surface area contributed by atoms with Crippen LogP contribution in [0.1, 0.15) is 28.6 Å². The third-order valence-electron chi connectivity index (χ3n) is 2.66. The standard InChI is InChI=1S/C12H15N3O2S/c1-4-5-15-9(6-13-14-15)10-8(2)7-18-11(10)12(16)17-3/h6-7H,4-5H2,1-3H3. The fraction of sp³-hybridized carbons (Fsp3) is 0.417. The van der Waals surface area contributed by atoms with Crippen molar-refractivity contribution in [2.75, 3.05) is 7.11 Å². The van der Waals surface area contributed by atoms with E-state index in [-0.39, 0.29) is 5.97 Å². The van der Waals surface area contributed by atoms with E-state index in [9.17, 15) is 4.79 Å². The van der Waals surface area contributed by atoms with Gasteiger partial charge in [0.2, 0.25) is 0 Å². The third kappa shape index (κ3) is 2.15. The summed E-state index contributed by atoms with van der Waals surface area (Å²) in [5.41, 5.74) is 2.79. The Bertz CT molecular complexity index is 559. The average Bonchev–Trinajstić information content (AvgIpc) is 2.95. The molecule has 0 aliphatic rings. The first kappa shape index (κ1) is 12.8. The van der Waals surface area contributed by atoms with E-state index in [4.69, 9.17) is 4.74 Å². The summed E-state index contributed by atoms with van der Waals surface area (Å²) < 4.78 is 6.63. The number of carbonyl (C=O) groups is 1. The van der Waals surface area contributed by atoms with Crippen molar-refractivity contribution in [1.82, 2.24) is 15.0 Å². The number of rotatable bonds is 4. The van der Waals surface area contributed by atoms with Gasteiger partial charge >= 0.3 is 5.97 Å². The fourth-order valence-corrected chi connectivity index (χ4v) is 2.81. The number of hydrogen-bond acceptors (Lipinski definition) is 5. The van der Waals surface area contributed by atoms with Crippen LogP contribution in [-0.4, -0.2) is 28.1 Å². The number of thiophene rings is 1. The van der Waals surface area contributed by atoms with Crippen LogP contribution >= 0.6 is 11.3 Å². The molecule has 0 saturated carbocycles. The molecule has 0 amide bonds. The number of aryl methyl sites for hydroxylation is 2. The van der Waals surface area contributed by atoms with E-state index in [1.54, 1.807) is 6.20 Å². The molecule has 18 heavy (non-hydrogen) atoms. The van der Waals surface area contributed by atoms with Crippen molar-refractivity contribution in [2.24, 2.45) is 0 Å². The lowest BCUT2D eigenvalue weighted by molar-refractivity contribution is 0.0607. The van der Waals surface area contributed by atoms with E-state index in [0.29, 0.717) is 4.88 Å². The molecule has 0 aromatic carbocycles. The van der Waals surface area contributed by atoms with Crippen molar-refractivity contribution < 1.29 is 9.53 Å². The lowest BCUT2D eigenvalue weighted by atomic mass is 10.1. The van der Waals surface area contributed by atoms with E-state index >= 15 is 0 Å². The number of hydrogen-bond donors (Lipinski definition) is 0. The second kappa shape index (κ2) is 5.30. The van der Waals surface area contributed by atoms with Crippen LogP contribution in [0.15, 0.2) is 11.6 Å². The average molecular weight is 265 g/mol. The normalized spacial score (nSPS) is 10.6. The molecule has 0 atom stereocenters. The van der Waals surface area contributed by atoms with Gasteiger partial charge in [0.1, 0.15) is 4.88 Å². The second-order valence-corrected chi connectivity index (χ2v) is 4.84. The molecule has 6 heteroatoms. The minimum Gasteiger partial charge on any atom is -0.465 e. The summed E-state index contributed by atoms with van der Waals surface area (Å²) in [7, 11) is 1.39. The molecule has 0 spiro atoms. The van der Waals surface area contributed by atoms with Crippen LogP contribution in [-0.2, 0) is 11.3 Å². The molecule has 2 aromatic rings. The highest BCUT2D eigenvalue weighted by Crippen LogP contribution is 2.32. The predicted molar refractivity (Wildman–Crippen MR) is 69.7 cm³/mol. The van der Waals surface area contributed by atoms with Gasteiger partial charge in [0, 0.05) is 12.1 Å². The van der Waals surface area contributed by atoms with Crippen LogP contribution in [0, 0.1) is 6.92 Å². The number of esters is 1. The van der Waals surface area contributed by atoms with Crippen LogP contribution < -0.4 is 0 Å². The molecule has 0 aliphatic heterocycles. The van der Waals surface area contributed by atoms with E-state index < -0.39 is 0 Å². The van der Waals surface area contributed by atoms with Crippen LogP contribution in [0.4, 0.5) is 0 Å². The van der Waals surface area contributed by atoms with Gasteiger partial charge in [-0.2, -0.15) is 0 Å². The van der Waals surface area contributed by atoms with Gasteiger partial charge in [-0.3, -0.25) is 0 Å². The van der Waals surface area contributed by atoms with Crippen molar-refractivity contribution in [3.63, 3.8) is 0 Å². The van der Waals surface area contributed by atoms with Gasteiger partial charge in [0.05, 0.1) is 19.0 Å². The molecular formula is C12H15N3O2S.